The Morgan fingerprint density at radius 2 is 2.40 bits per heavy atom. The maximum absolute atomic E-state index is 5.39. The highest BCUT2D eigenvalue weighted by molar-refractivity contribution is 4.77. The average molecular weight is 144 g/mol. The third-order valence-electron chi connectivity index (χ3n) is 2.20. The van der Waals surface area contributed by atoms with Crippen molar-refractivity contribution in [3.63, 3.8) is 0 Å². The molecule has 3 unspecified atom stereocenters. The van der Waals surface area contributed by atoms with E-state index in [4.69, 9.17) is 10.6 Å². The lowest BCUT2D eigenvalue weighted by Gasteiger charge is -2.15. The Morgan fingerprint density at radius 3 is 2.80 bits per heavy atom. The molecule has 0 saturated carbocycles. The van der Waals surface area contributed by atoms with E-state index in [1.165, 1.54) is 0 Å². The van der Waals surface area contributed by atoms with Crippen LogP contribution in [0.5, 0.6) is 0 Å². The molecule has 3 N–H and O–H groups in total. The molecule has 0 amide bonds. The maximum atomic E-state index is 5.39. The summed E-state index contributed by atoms with van der Waals surface area (Å²) < 4.78 is 5.39. The zero-order valence-electron chi connectivity index (χ0n) is 6.63. The molecule has 3 nitrogen and oxygen atoms in total. The summed E-state index contributed by atoms with van der Waals surface area (Å²) in [6, 6.07) is 0.380. The van der Waals surface area contributed by atoms with E-state index in [2.05, 4.69) is 19.3 Å². The summed E-state index contributed by atoms with van der Waals surface area (Å²) in [7, 11) is 0. The first-order valence-electron chi connectivity index (χ1n) is 3.81. The van der Waals surface area contributed by atoms with E-state index in [0.29, 0.717) is 18.1 Å². The Balaban J connectivity index is 2.29. The Hall–Kier alpha value is -0.120. The maximum Gasteiger partial charge on any atom is 0.0551 e. The zero-order valence-corrected chi connectivity index (χ0v) is 6.63. The SMILES string of the molecule is CC1CC(C(C)NN)CO1. The second kappa shape index (κ2) is 3.32. The quantitative estimate of drug-likeness (QED) is 0.432. The first-order chi connectivity index (χ1) is 4.74. The molecule has 60 valence electrons. The van der Waals surface area contributed by atoms with Crippen LogP contribution < -0.4 is 11.3 Å². The largest absolute Gasteiger partial charge is 0.378 e. The van der Waals surface area contributed by atoms with Crippen molar-refractivity contribution in [3.8, 4) is 0 Å². The molecule has 1 aliphatic rings. The molecule has 3 atom stereocenters. The number of hydrogen-bond acceptors (Lipinski definition) is 3. The van der Waals surface area contributed by atoms with Crippen LogP contribution in [0.2, 0.25) is 0 Å². The van der Waals surface area contributed by atoms with Crippen LogP contribution >= 0.6 is 0 Å². The fraction of sp³-hybridized carbons (Fsp3) is 1.00. The monoisotopic (exact) mass is 144 g/mol. The van der Waals surface area contributed by atoms with Gasteiger partial charge in [-0.15, -0.1) is 0 Å². The highest BCUT2D eigenvalue weighted by Crippen LogP contribution is 2.21. The van der Waals surface area contributed by atoms with Gasteiger partial charge in [0.2, 0.25) is 0 Å². The molecular weight excluding hydrogens is 128 g/mol. The molecule has 1 heterocycles. The molecule has 1 rings (SSSR count). The van der Waals surface area contributed by atoms with Gasteiger partial charge in [-0.1, -0.05) is 0 Å². The van der Waals surface area contributed by atoms with Crippen LogP contribution in [0.4, 0.5) is 0 Å². The number of nitrogens with two attached hydrogens (primary N) is 1. The lowest BCUT2D eigenvalue weighted by Crippen LogP contribution is -2.38. The van der Waals surface area contributed by atoms with Gasteiger partial charge in [-0.05, 0) is 20.3 Å². The third kappa shape index (κ3) is 1.68. The van der Waals surface area contributed by atoms with Gasteiger partial charge < -0.3 is 4.74 Å². The molecule has 0 spiro atoms. The minimum Gasteiger partial charge on any atom is -0.378 e. The molecule has 0 radical (unpaired) electrons. The van der Waals surface area contributed by atoms with Gasteiger partial charge in [0.1, 0.15) is 0 Å². The number of nitrogens with one attached hydrogen (secondary N) is 1. The van der Waals surface area contributed by atoms with Gasteiger partial charge in [-0.2, -0.15) is 0 Å². The van der Waals surface area contributed by atoms with Crippen LogP contribution in [-0.4, -0.2) is 18.8 Å². The zero-order chi connectivity index (χ0) is 7.56. The third-order valence-corrected chi connectivity index (χ3v) is 2.20. The van der Waals surface area contributed by atoms with Gasteiger partial charge >= 0.3 is 0 Å². The Kier molecular flexibility index (Phi) is 2.65. The van der Waals surface area contributed by atoms with Crippen molar-refractivity contribution in [2.45, 2.75) is 32.4 Å². The average Bonchev–Trinajstić information content (AvgIpc) is 2.34. The van der Waals surface area contributed by atoms with E-state index < -0.39 is 0 Å². The molecule has 0 aromatic carbocycles. The standard InChI is InChI=1S/C7H16N2O/c1-5-3-7(4-10-5)6(2)9-8/h5-7,9H,3-4,8H2,1-2H3. The van der Waals surface area contributed by atoms with Gasteiger partial charge in [0.15, 0.2) is 0 Å². The normalized spacial score (nSPS) is 36.3. The molecule has 1 aliphatic heterocycles. The molecule has 1 saturated heterocycles. The Bertz CT molecular complexity index is 108. The molecule has 0 aromatic rings. The predicted molar refractivity (Wildman–Crippen MR) is 40.3 cm³/mol. The lowest BCUT2D eigenvalue weighted by molar-refractivity contribution is 0.117. The number of hydrogen-bond donors (Lipinski definition) is 2. The van der Waals surface area contributed by atoms with Gasteiger partial charge in [0.05, 0.1) is 12.7 Å². The second-order valence-electron chi connectivity index (χ2n) is 3.10. The fourth-order valence-electron chi connectivity index (χ4n) is 1.33. The van der Waals surface area contributed by atoms with Crippen molar-refractivity contribution < 1.29 is 4.74 Å². The van der Waals surface area contributed by atoms with Gasteiger partial charge in [-0.25, -0.2) is 0 Å². The number of rotatable bonds is 2. The summed E-state index contributed by atoms with van der Waals surface area (Å²) in [5.74, 6) is 5.89. The molecule has 0 aromatic heterocycles. The first kappa shape index (κ1) is 7.98. The van der Waals surface area contributed by atoms with Crippen LogP contribution in [0.25, 0.3) is 0 Å². The topological polar surface area (TPSA) is 47.3 Å². The van der Waals surface area contributed by atoms with Crippen molar-refractivity contribution in [3.05, 3.63) is 0 Å². The molecule has 0 aliphatic carbocycles. The van der Waals surface area contributed by atoms with Crippen LogP contribution in [0.1, 0.15) is 20.3 Å². The van der Waals surface area contributed by atoms with Crippen LogP contribution in [0, 0.1) is 5.92 Å². The summed E-state index contributed by atoms with van der Waals surface area (Å²) >= 11 is 0. The smallest absolute Gasteiger partial charge is 0.0551 e. The summed E-state index contributed by atoms with van der Waals surface area (Å²) in [5, 5.41) is 0. The fourth-order valence-corrected chi connectivity index (χ4v) is 1.33. The van der Waals surface area contributed by atoms with Crippen molar-refractivity contribution in [1.29, 1.82) is 0 Å². The minimum absolute atomic E-state index is 0.380. The summed E-state index contributed by atoms with van der Waals surface area (Å²) in [4.78, 5) is 0. The van der Waals surface area contributed by atoms with E-state index in [-0.39, 0.29) is 0 Å². The number of hydrazine groups is 1. The van der Waals surface area contributed by atoms with E-state index in [0.717, 1.165) is 13.0 Å². The second-order valence-corrected chi connectivity index (χ2v) is 3.10. The van der Waals surface area contributed by atoms with Crippen LogP contribution in [-0.2, 0) is 4.74 Å². The van der Waals surface area contributed by atoms with Gasteiger partial charge in [-0.3, -0.25) is 11.3 Å². The minimum atomic E-state index is 0.380. The van der Waals surface area contributed by atoms with E-state index in [9.17, 15) is 0 Å². The van der Waals surface area contributed by atoms with E-state index in [1.807, 2.05) is 0 Å². The molecule has 1 fully saturated rings. The van der Waals surface area contributed by atoms with E-state index in [1.54, 1.807) is 0 Å². The summed E-state index contributed by atoms with van der Waals surface area (Å²) in [6.07, 6.45) is 1.55. The summed E-state index contributed by atoms with van der Waals surface area (Å²) in [5.41, 5.74) is 2.75. The highest BCUT2D eigenvalue weighted by Gasteiger charge is 2.25. The van der Waals surface area contributed by atoms with E-state index >= 15 is 0 Å². The molecule has 10 heavy (non-hydrogen) atoms. The highest BCUT2D eigenvalue weighted by atomic mass is 16.5. The molecular formula is C7H16N2O. The van der Waals surface area contributed by atoms with Gasteiger partial charge in [0, 0.05) is 12.0 Å². The van der Waals surface area contributed by atoms with Gasteiger partial charge in [0.25, 0.3) is 0 Å². The van der Waals surface area contributed by atoms with Crippen LogP contribution in [0.15, 0.2) is 0 Å². The summed E-state index contributed by atoms with van der Waals surface area (Å²) in [6.45, 7) is 5.04. The lowest BCUT2D eigenvalue weighted by atomic mass is 9.99. The van der Waals surface area contributed by atoms with Crippen molar-refractivity contribution in [1.82, 2.24) is 5.43 Å². The Morgan fingerprint density at radius 1 is 1.70 bits per heavy atom. The van der Waals surface area contributed by atoms with Crippen molar-refractivity contribution >= 4 is 0 Å². The van der Waals surface area contributed by atoms with Crippen molar-refractivity contribution in [2.75, 3.05) is 6.61 Å². The predicted octanol–water partition coefficient (Wildman–Crippen LogP) is 0.263. The van der Waals surface area contributed by atoms with Crippen molar-refractivity contribution in [2.24, 2.45) is 11.8 Å². The Labute approximate surface area is 61.9 Å². The molecule has 3 heteroatoms. The molecule has 0 bridgehead atoms. The van der Waals surface area contributed by atoms with Crippen LogP contribution in [0.3, 0.4) is 0 Å². The first-order valence-corrected chi connectivity index (χ1v) is 3.81. The number of ether oxygens (including phenoxy) is 1.